The highest BCUT2D eigenvalue weighted by atomic mass is 32.2. The summed E-state index contributed by atoms with van der Waals surface area (Å²) in [6.07, 6.45) is 4.51. The van der Waals surface area contributed by atoms with Crippen molar-refractivity contribution in [3.8, 4) is 0 Å². The van der Waals surface area contributed by atoms with E-state index in [1.54, 1.807) is 0 Å². The molecule has 0 aliphatic heterocycles. The number of carbonyl (C=O) groups is 1. The average Bonchev–Trinajstić information content (AvgIpc) is 2.23. The summed E-state index contributed by atoms with van der Waals surface area (Å²) >= 11 is 1.84. The van der Waals surface area contributed by atoms with Gasteiger partial charge in [0.25, 0.3) is 0 Å². The molecule has 0 spiro atoms. The van der Waals surface area contributed by atoms with Gasteiger partial charge in [-0.3, -0.25) is 4.79 Å². The Morgan fingerprint density at radius 3 is 2.33 bits per heavy atom. The topological polar surface area (TPSA) is 37.3 Å². The van der Waals surface area contributed by atoms with Crippen molar-refractivity contribution >= 4 is 17.7 Å². The van der Waals surface area contributed by atoms with Crippen molar-refractivity contribution in [3.05, 3.63) is 0 Å². The molecule has 15 heavy (non-hydrogen) atoms. The van der Waals surface area contributed by atoms with Gasteiger partial charge >= 0.3 is 5.97 Å². The number of carboxylic acids is 1. The lowest BCUT2D eigenvalue weighted by Gasteiger charge is -2.27. The standard InChI is InChI=1S/C12H24O2S/c1-4-7-8-12(5-2,11(13)14)9-10-15-6-3/h4-10H2,1-3H3,(H,13,14). The molecule has 0 amide bonds. The van der Waals surface area contributed by atoms with Crippen molar-refractivity contribution in [3.63, 3.8) is 0 Å². The van der Waals surface area contributed by atoms with E-state index >= 15 is 0 Å². The molecule has 0 rings (SSSR count). The minimum Gasteiger partial charge on any atom is -0.481 e. The van der Waals surface area contributed by atoms with Gasteiger partial charge in [-0.15, -0.1) is 0 Å². The van der Waals surface area contributed by atoms with E-state index < -0.39 is 11.4 Å². The molecule has 0 bridgehead atoms. The number of unbranched alkanes of at least 4 members (excludes halogenated alkanes) is 1. The largest absolute Gasteiger partial charge is 0.481 e. The lowest BCUT2D eigenvalue weighted by molar-refractivity contribution is -0.150. The van der Waals surface area contributed by atoms with Crippen LogP contribution in [0.1, 0.15) is 52.9 Å². The first-order valence-electron chi connectivity index (χ1n) is 5.94. The first-order chi connectivity index (χ1) is 7.13. The average molecular weight is 232 g/mol. The minimum absolute atomic E-state index is 0.460. The Hall–Kier alpha value is -0.180. The molecule has 0 fully saturated rings. The molecule has 1 unspecified atom stereocenters. The van der Waals surface area contributed by atoms with E-state index in [9.17, 15) is 9.90 Å². The molecule has 0 saturated carbocycles. The second-order valence-corrected chi connectivity index (χ2v) is 5.38. The Morgan fingerprint density at radius 1 is 1.27 bits per heavy atom. The van der Waals surface area contributed by atoms with Gasteiger partial charge in [-0.25, -0.2) is 0 Å². The fraction of sp³-hybridized carbons (Fsp3) is 0.917. The van der Waals surface area contributed by atoms with Gasteiger partial charge in [-0.1, -0.05) is 33.6 Å². The van der Waals surface area contributed by atoms with Gasteiger partial charge in [0.2, 0.25) is 0 Å². The molecule has 0 heterocycles. The smallest absolute Gasteiger partial charge is 0.309 e. The van der Waals surface area contributed by atoms with Crippen molar-refractivity contribution in [2.45, 2.75) is 52.9 Å². The number of hydrogen-bond donors (Lipinski definition) is 1. The molecule has 0 radical (unpaired) electrons. The number of hydrogen-bond acceptors (Lipinski definition) is 2. The summed E-state index contributed by atoms with van der Waals surface area (Å²) < 4.78 is 0. The predicted octanol–water partition coefficient (Wildman–Crippen LogP) is 3.80. The van der Waals surface area contributed by atoms with Crippen LogP contribution in [0.4, 0.5) is 0 Å². The Bertz CT molecular complexity index is 182. The highest BCUT2D eigenvalue weighted by Gasteiger charge is 2.35. The highest BCUT2D eigenvalue weighted by Crippen LogP contribution is 2.34. The fourth-order valence-corrected chi connectivity index (χ4v) is 2.59. The van der Waals surface area contributed by atoms with E-state index in [0.29, 0.717) is 0 Å². The minimum atomic E-state index is -0.602. The summed E-state index contributed by atoms with van der Waals surface area (Å²) in [5.74, 6) is 1.45. The van der Waals surface area contributed by atoms with E-state index in [-0.39, 0.29) is 0 Å². The molecule has 1 N–H and O–H groups in total. The Balaban J connectivity index is 4.30. The maximum Gasteiger partial charge on any atom is 0.309 e. The molecule has 0 aliphatic carbocycles. The first kappa shape index (κ1) is 14.8. The highest BCUT2D eigenvalue weighted by molar-refractivity contribution is 7.99. The van der Waals surface area contributed by atoms with Gasteiger partial charge in [-0.05, 0) is 30.8 Å². The third-order valence-electron chi connectivity index (χ3n) is 3.07. The van der Waals surface area contributed by atoms with Gasteiger partial charge < -0.3 is 5.11 Å². The summed E-state index contributed by atoms with van der Waals surface area (Å²) in [4.78, 5) is 11.3. The third-order valence-corrected chi connectivity index (χ3v) is 3.97. The van der Waals surface area contributed by atoms with Crippen molar-refractivity contribution in [1.29, 1.82) is 0 Å². The zero-order valence-electron chi connectivity index (χ0n) is 10.2. The molecule has 1 atom stereocenters. The van der Waals surface area contributed by atoms with Crippen LogP contribution in [0.25, 0.3) is 0 Å². The molecule has 2 nitrogen and oxygen atoms in total. The Kier molecular flexibility index (Phi) is 7.93. The van der Waals surface area contributed by atoms with E-state index in [1.165, 1.54) is 0 Å². The summed E-state index contributed by atoms with van der Waals surface area (Å²) in [5, 5.41) is 9.34. The molecule has 3 heteroatoms. The molecule has 90 valence electrons. The van der Waals surface area contributed by atoms with Crippen molar-refractivity contribution in [2.75, 3.05) is 11.5 Å². The second kappa shape index (κ2) is 8.03. The number of rotatable bonds is 9. The van der Waals surface area contributed by atoms with E-state index in [0.717, 1.165) is 43.6 Å². The summed E-state index contributed by atoms with van der Waals surface area (Å²) in [7, 11) is 0. The number of aliphatic carboxylic acids is 1. The summed E-state index contributed by atoms with van der Waals surface area (Å²) in [5.41, 5.74) is -0.460. The van der Waals surface area contributed by atoms with Gasteiger partial charge in [0.1, 0.15) is 0 Å². The maximum atomic E-state index is 11.3. The van der Waals surface area contributed by atoms with Crippen LogP contribution < -0.4 is 0 Å². The summed E-state index contributed by atoms with van der Waals surface area (Å²) in [6.45, 7) is 6.23. The molecule has 0 aromatic carbocycles. The Labute approximate surface area is 97.8 Å². The molecular weight excluding hydrogens is 208 g/mol. The van der Waals surface area contributed by atoms with E-state index in [2.05, 4.69) is 13.8 Å². The SMILES string of the molecule is CCCCC(CC)(CCSCC)C(=O)O. The molecular formula is C12H24O2S. The summed E-state index contributed by atoms with van der Waals surface area (Å²) in [6, 6.07) is 0. The van der Waals surface area contributed by atoms with Crippen molar-refractivity contribution < 1.29 is 9.90 Å². The molecule has 0 aliphatic rings. The lowest BCUT2D eigenvalue weighted by atomic mass is 9.78. The quantitative estimate of drug-likeness (QED) is 0.614. The van der Waals surface area contributed by atoms with Gasteiger partial charge in [-0.2, -0.15) is 11.8 Å². The van der Waals surface area contributed by atoms with E-state index in [4.69, 9.17) is 0 Å². The predicted molar refractivity (Wildman–Crippen MR) is 67.5 cm³/mol. The number of thioether (sulfide) groups is 1. The molecule has 0 aromatic heterocycles. The Morgan fingerprint density at radius 2 is 1.93 bits per heavy atom. The van der Waals surface area contributed by atoms with Crippen LogP contribution in [-0.2, 0) is 4.79 Å². The van der Waals surface area contributed by atoms with Crippen LogP contribution >= 0.6 is 11.8 Å². The number of carboxylic acid groups (broad SMARTS) is 1. The lowest BCUT2D eigenvalue weighted by Crippen LogP contribution is -2.31. The molecule has 0 aromatic rings. The van der Waals surface area contributed by atoms with Crippen molar-refractivity contribution in [1.82, 2.24) is 0 Å². The monoisotopic (exact) mass is 232 g/mol. The van der Waals surface area contributed by atoms with Crippen LogP contribution in [0, 0.1) is 5.41 Å². The van der Waals surface area contributed by atoms with Crippen LogP contribution in [0.5, 0.6) is 0 Å². The zero-order valence-corrected chi connectivity index (χ0v) is 11.0. The maximum absolute atomic E-state index is 11.3. The van der Waals surface area contributed by atoms with Gasteiger partial charge in [0.05, 0.1) is 5.41 Å². The second-order valence-electron chi connectivity index (χ2n) is 3.99. The fourth-order valence-electron chi connectivity index (χ4n) is 1.77. The first-order valence-corrected chi connectivity index (χ1v) is 7.09. The van der Waals surface area contributed by atoms with E-state index in [1.807, 2.05) is 18.7 Å². The van der Waals surface area contributed by atoms with Crippen LogP contribution in [0.2, 0.25) is 0 Å². The third kappa shape index (κ3) is 4.92. The van der Waals surface area contributed by atoms with Crippen LogP contribution in [0.15, 0.2) is 0 Å². The zero-order chi connectivity index (χ0) is 11.7. The van der Waals surface area contributed by atoms with Crippen LogP contribution in [-0.4, -0.2) is 22.6 Å². The normalized spacial score (nSPS) is 14.9. The van der Waals surface area contributed by atoms with Gasteiger partial charge in [0.15, 0.2) is 0 Å². The van der Waals surface area contributed by atoms with Crippen molar-refractivity contribution in [2.24, 2.45) is 5.41 Å². The van der Waals surface area contributed by atoms with Gasteiger partial charge in [0, 0.05) is 0 Å². The molecule has 0 saturated heterocycles. The van der Waals surface area contributed by atoms with Crippen LogP contribution in [0.3, 0.4) is 0 Å².